The Morgan fingerprint density at radius 3 is 2.06 bits per heavy atom. The highest BCUT2D eigenvalue weighted by atomic mass is 16.4. The number of likely N-dealkylation sites (tertiary alicyclic amines) is 1. The molecule has 286 valence electrons. The summed E-state index contributed by atoms with van der Waals surface area (Å²) in [6, 6.07) is -5.57. The third kappa shape index (κ3) is 14.9. The molecule has 1 heterocycles. The van der Waals surface area contributed by atoms with Crippen LogP contribution in [0.15, 0.2) is 4.99 Å². The van der Waals surface area contributed by atoms with E-state index in [9.17, 15) is 33.9 Å². The number of guanidine groups is 1. The van der Waals surface area contributed by atoms with E-state index in [4.69, 9.17) is 17.2 Å². The summed E-state index contributed by atoms with van der Waals surface area (Å²) in [5, 5.41) is 23.3. The lowest BCUT2D eigenvalue weighted by atomic mass is 9.96. The number of nitrogens with zero attached hydrogens (tertiary/aromatic N) is 2. The summed E-state index contributed by atoms with van der Waals surface area (Å²) in [7, 11) is 1.64. The summed E-state index contributed by atoms with van der Waals surface area (Å²) in [5.74, 6) is -4.07. The lowest BCUT2D eigenvalue weighted by Gasteiger charge is -2.31. The predicted molar refractivity (Wildman–Crippen MR) is 190 cm³/mol. The second-order valence-electron chi connectivity index (χ2n) is 13.5. The number of nitrogens with two attached hydrogens (primary N) is 3. The number of hydrogen-bond acceptors (Lipinski definition) is 9. The number of amides is 5. The van der Waals surface area contributed by atoms with Crippen LogP contribution in [0.5, 0.6) is 0 Å². The molecule has 1 saturated heterocycles. The molecule has 0 spiro atoms. The van der Waals surface area contributed by atoms with E-state index in [0.717, 1.165) is 0 Å². The van der Waals surface area contributed by atoms with E-state index in [1.807, 2.05) is 20.8 Å². The molecule has 0 aromatic carbocycles. The van der Waals surface area contributed by atoms with Gasteiger partial charge in [0.15, 0.2) is 5.96 Å². The fourth-order valence-electron chi connectivity index (χ4n) is 5.75. The largest absolute Gasteiger partial charge is 0.480 e. The first-order chi connectivity index (χ1) is 23.6. The van der Waals surface area contributed by atoms with Crippen molar-refractivity contribution >= 4 is 41.5 Å². The van der Waals surface area contributed by atoms with Crippen molar-refractivity contribution in [1.29, 1.82) is 0 Å². The molecule has 0 bridgehead atoms. The molecule has 0 aromatic rings. The zero-order valence-corrected chi connectivity index (χ0v) is 30.6. The molecule has 0 unspecified atom stereocenters. The number of nitrogens with one attached hydrogen (secondary N) is 5. The van der Waals surface area contributed by atoms with Crippen LogP contribution in [0, 0.1) is 11.8 Å². The van der Waals surface area contributed by atoms with Crippen molar-refractivity contribution in [3.05, 3.63) is 0 Å². The molecule has 1 aliphatic heterocycles. The van der Waals surface area contributed by atoms with Crippen molar-refractivity contribution in [3.63, 3.8) is 0 Å². The fourth-order valence-corrected chi connectivity index (χ4v) is 5.75. The Morgan fingerprint density at radius 1 is 0.860 bits per heavy atom. The number of aliphatic carboxylic acids is 1. The van der Waals surface area contributed by atoms with Gasteiger partial charge < -0.3 is 53.8 Å². The Bertz CT molecular complexity index is 1160. The van der Waals surface area contributed by atoms with E-state index in [1.165, 1.54) is 11.8 Å². The first-order valence-electron chi connectivity index (χ1n) is 17.7. The maximum absolute atomic E-state index is 13.9. The number of unbranched alkanes of at least 4 members (excludes halogenated alkanes) is 1. The molecule has 17 nitrogen and oxygen atoms in total. The van der Waals surface area contributed by atoms with Gasteiger partial charge in [-0.25, -0.2) is 4.79 Å². The summed E-state index contributed by atoms with van der Waals surface area (Å²) in [6.45, 7) is 9.84. The van der Waals surface area contributed by atoms with Gasteiger partial charge in [-0.05, 0) is 83.7 Å². The number of carboxylic acid groups (broad SMARTS) is 1. The van der Waals surface area contributed by atoms with E-state index in [2.05, 4.69) is 31.6 Å². The van der Waals surface area contributed by atoms with Gasteiger partial charge in [-0.2, -0.15) is 0 Å². The molecular weight excluding hydrogens is 648 g/mol. The van der Waals surface area contributed by atoms with Gasteiger partial charge in [-0.15, -0.1) is 0 Å². The van der Waals surface area contributed by atoms with E-state index in [-0.39, 0.29) is 30.1 Å². The molecule has 0 radical (unpaired) electrons. The van der Waals surface area contributed by atoms with E-state index >= 15 is 0 Å². The molecule has 1 fully saturated rings. The van der Waals surface area contributed by atoms with Crippen molar-refractivity contribution in [3.8, 4) is 0 Å². The van der Waals surface area contributed by atoms with E-state index in [0.29, 0.717) is 71.0 Å². The molecule has 12 N–H and O–H groups in total. The standard InChI is InChI=1S/C33H62N10O7/c1-7-20(4)26(30(47)41-24(32(49)50)18-19(2)3)42-27(44)21(5)39-29(46)25-14-11-17-43(25)31(48)23(12-8-9-15-34)40-28(45)22(37-6)13-10-16-38-33(35)36/h19-26,37H,7-18,34H2,1-6H3,(H,39,46)(H,40,45)(H,41,47)(H,42,44)(H,49,50)(H4,35,36,38)/t20-,21-,22-,23-,24-,25-,26-/m0/s1. The number of aliphatic imine (C=N–C) groups is 1. The van der Waals surface area contributed by atoms with Crippen LogP contribution in [-0.4, -0.2) is 114 Å². The number of carbonyl (C=O) groups is 6. The molecule has 7 atom stereocenters. The van der Waals surface area contributed by atoms with Gasteiger partial charge in [0.25, 0.3) is 0 Å². The van der Waals surface area contributed by atoms with Gasteiger partial charge >= 0.3 is 5.97 Å². The zero-order chi connectivity index (χ0) is 38.0. The Morgan fingerprint density at radius 2 is 1.50 bits per heavy atom. The topological polar surface area (TPSA) is 276 Å². The first-order valence-corrected chi connectivity index (χ1v) is 17.7. The Labute approximate surface area is 296 Å². The number of carbonyl (C=O) groups excluding carboxylic acids is 5. The van der Waals surface area contributed by atoms with Gasteiger partial charge in [0.2, 0.25) is 29.5 Å². The third-order valence-electron chi connectivity index (χ3n) is 8.88. The first kappa shape index (κ1) is 44.0. The smallest absolute Gasteiger partial charge is 0.326 e. The maximum atomic E-state index is 13.9. The Balaban J connectivity index is 3.01. The third-order valence-corrected chi connectivity index (χ3v) is 8.88. The number of rotatable bonds is 23. The Kier molecular flexibility index (Phi) is 20.0. The van der Waals surface area contributed by atoms with Crippen molar-refractivity contribution < 1.29 is 33.9 Å². The molecule has 17 heteroatoms. The minimum atomic E-state index is -1.17. The van der Waals surface area contributed by atoms with Crippen molar-refractivity contribution in [2.45, 2.75) is 129 Å². The summed E-state index contributed by atoms with van der Waals surface area (Å²) in [6.07, 6.45) is 4.18. The summed E-state index contributed by atoms with van der Waals surface area (Å²) < 4.78 is 0. The summed E-state index contributed by atoms with van der Waals surface area (Å²) >= 11 is 0. The van der Waals surface area contributed by atoms with E-state index in [1.54, 1.807) is 14.0 Å². The normalized spacial score (nSPS) is 17.8. The van der Waals surface area contributed by atoms with Crippen LogP contribution in [0.4, 0.5) is 0 Å². The second-order valence-corrected chi connectivity index (χ2v) is 13.5. The highest BCUT2D eigenvalue weighted by Crippen LogP contribution is 2.21. The molecular formula is C33H62N10O7. The van der Waals surface area contributed by atoms with Gasteiger partial charge in [0.1, 0.15) is 30.2 Å². The van der Waals surface area contributed by atoms with E-state index < -0.39 is 65.8 Å². The highest BCUT2D eigenvalue weighted by molar-refractivity contribution is 5.96. The highest BCUT2D eigenvalue weighted by Gasteiger charge is 2.39. The lowest BCUT2D eigenvalue weighted by molar-refractivity contribution is -0.143. The van der Waals surface area contributed by atoms with Crippen molar-refractivity contribution in [2.24, 2.45) is 34.0 Å². The predicted octanol–water partition coefficient (Wildman–Crippen LogP) is -1.12. The molecule has 0 aliphatic carbocycles. The summed E-state index contributed by atoms with van der Waals surface area (Å²) in [5.41, 5.74) is 16.4. The molecule has 50 heavy (non-hydrogen) atoms. The SMILES string of the molecule is CC[C@H](C)[C@H](NC(=O)[C@H](C)NC(=O)[C@@H]1CCCN1C(=O)[C@H](CCCCN)NC(=O)[C@H](CCCN=C(N)N)NC)C(=O)N[C@@H](CC(C)C)C(=O)O. The molecule has 0 aromatic heterocycles. The van der Waals surface area contributed by atoms with Crippen LogP contribution in [0.1, 0.15) is 92.4 Å². The lowest BCUT2D eigenvalue weighted by Crippen LogP contribution is -2.59. The number of carboxylic acids is 1. The zero-order valence-electron chi connectivity index (χ0n) is 30.6. The van der Waals surface area contributed by atoms with Crippen LogP contribution in [-0.2, 0) is 28.8 Å². The van der Waals surface area contributed by atoms with Crippen LogP contribution in [0.3, 0.4) is 0 Å². The summed E-state index contributed by atoms with van der Waals surface area (Å²) in [4.78, 5) is 84.1. The molecule has 1 aliphatic rings. The average molecular weight is 711 g/mol. The quantitative estimate of drug-likeness (QED) is 0.0348. The van der Waals surface area contributed by atoms with Crippen LogP contribution in [0.2, 0.25) is 0 Å². The monoisotopic (exact) mass is 710 g/mol. The minimum absolute atomic E-state index is 0.0148. The van der Waals surface area contributed by atoms with Crippen LogP contribution < -0.4 is 43.8 Å². The van der Waals surface area contributed by atoms with Gasteiger partial charge in [0, 0.05) is 13.1 Å². The average Bonchev–Trinajstić information content (AvgIpc) is 3.55. The second kappa shape index (κ2) is 22.7. The van der Waals surface area contributed by atoms with Crippen molar-refractivity contribution in [1.82, 2.24) is 31.5 Å². The van der Waals surface area contributed by atoms with Gasteiger partial charge in [-0.1, -0.05) is 34.1 Å². The Hall–Kier alpha value is -3.99. The van der Waals surface area contributed by atoms with Crippen LogP contribution >= 0.6 is 0 Å². The van der Waals surface area contributed by atoms with Gasteiger partial charge in [-0.3, -0.25) is 29.0 Å². The number of hydrogen-bond donors (Lipinski definition) is 9. The molecule has 0 saturated carbocycles. The van der Waals surface area contributed by atoms with Gasteiger partial charge in [0.05, 0.1) is 6.04 Å². The molecule has 5 amide bonds. The minimum Gasteiger partial charge on any atom is -0.480 e. The fraction of sp³-hybridized carbons (Fsp3) is 0.788. The number of likely N-dealkylation sites (N-methyl/N-ethyl adjacent to an activating group) is 1. The van der Waals surface area contributed by atoms with Crippen molar-refractivity contribution in [2.75, 3.05) is 26.7 Å². The molecule has 1 rings (SSSR count). The van der Waals surface area contributed by atoms with Crippen LogP contribution in [0.25, 0.3) is 0 Å². The maximum Gasteiger partial charge on any atom is 0.326 e.